The van der Waals surface area contributed by atoms with Crippen LogP contribution in [0.5, 0.6) is 0 Å². The molecule has 0 bridgehead atoms. The van der Waals surface area contributed by atoms with Crippen molar-refractivity contribution < 1.29 is 14.3 Å². The summed E-state index contributed by atoms with van der Waals surface area (Å²) in [5, 5.41) is 2.89. The molecule has 114 valence electrons. The largest absolute Gasteiger partial charge is 0.444 e. The van der Waals surface area contributed by atoms with E-state index in [1.54, 1.807) is 0 Å². The molecule has 0 radical (unpaired) electrons. The van der Waals surface area contributed by atoms with Crippen LogP contribution in [0, 0.1) is 0 Å². The lowest BCUT2D eigenvalue weighted by atomic mass is 10.1. The highest BCUT2D eigenvalue weighted by Gasteiger charge is 2.34. The van der Waals surface area contributed by atoms with Gasteiger partial charge >= 0.3 is 6.09 Å². The van der Waals surface area contributed by atoms with E-state index in [1.807, 2.05) is 32.9 Å². The number of alkyl carbamates (subject to hydrolysis) is 1. The molecule has 1 amide bonds. The highest BCUT2D eigenvalue weighted by atomic mass is 16.6. The average Bonchev–Trinajstić information content (AvgIpc) is 2.74. The van der Waals surface area contributed by atoms with Crippen LogP contribution < -0.4 is 5.32 Å². The zero-order valence-electron chi connectivity index (χ0n) is 12.7. The van der Waals surface area contributed by atoms with Crippen molar-refractivity contribution in [3.63, 3.8) is 0 Å². The van der Waals surface area contributed by atoms with Gasteiger partial charge in [0, 0.05) is 13.1 Å². The molecule has 1 N–H and O–H groups in total. The first-order valence-corrected chi connectivity index (χ1v) is 6.90. The van der Waals surface area contributed by atoms with E-state index >= 15 is 0 Å². The van der Waals surface area contributed by atoms with Crippen molar-refractivity contribution in [2.24, 2.45) is 0 Å². The van der Waals surface area contributed by atoms with Crippen molar-refractivity contribution >= 4 is 6.09 Å². The molecule has 2 atom stereocenters. The van der Waals surface area contributed by atoms with E-state index in [-0.39, 0.29) is 12.1 Å². The fourth-order valence-electron chi connectivity index (χ4n) is 2.18. The number of carbonyl (C=O) groups is 1. The minimum absolute atomic E-state index is 0.0789. The number of amides is 1. The van der Waals surface area contributed by atoms with Crippen LogP contribution in [0.3, 0.4) is 0 Å². The second-order valence-electron chi connectivity index (χ2n) is 5.89. The Morgan fingerprint density at radius 3 is 2.45 bits per heavy atom. The molecule has 0 unspecified atom stereocenters. The minimum Gasteiger partial charge on any atom is -0.444 e. The number of carbonyl (C=O) groups excluding carboxylic acids is 1. The quantitative estimate of drug-likeness (QED) is 0.757. The van der Waals surface area contributed by atoms with Gasteiger partial charge in [-0.15, -0.1) is 13.2 Å². The van der Waals surface area contributed by atoms with Gasteiger partial charge in [-0.05, 0) is 20.8 Å². The van der Waals surface area contributed by atoms with Gasteiger partial charge in [0.2, 0.25) is 0 Å². The van der Waals surface area contributed by atoms with Crippen molar-refractivity contribution in [1.82, 2.24) is 10.2 Å². The maximum Gasteiger partial charge on any atom is 0.408 e. The van der Waals surface area contributed by atoms with Crippen molar-refractivity contribution in [2.75, 3.05) is 26.3 Å². The molecule has 1 aliphatic rings. The third kappa shape index (κ3) is 5.35. The van der Waals surface area contributed by atoms with Crippen molar-refractivity contribution in [3.05, 3.63) is 25.3 Å². The third-order valence-electron chi connectivity index (χ3n) is 2.95. The maximum atomic E-state index is 11.9. The number of hydrogen-bond donors (Lipinski definition) is 1. The molecular formula is C15H26N2O3. The Bertz CT molecular complexity index is 340. The molecule has 5 heteroatoms. The Kier molecular flexibility index (Phi) is 6.23. The Balaban J connectivity index is 2.61. The van der Waals surface area contributed by atoms with Crippen LogP contribution >= 0.6 is 0 Å². The average molecular weight is 282 g/mol. The summed E-state index contributed by atoms with van der Waals surface area (Å²) in [5.74, 6) is 0. The van der Waals surface area contributed by atoms with Crippen molar-refractivity contribution in [3.8, 4) is 0 Å². The Labute approximate surface area is 121 Å². The lowest BCUT2D eigenvalue weighted by molar-refractivity contribution is 0.0482. The maximum absolute atomic E-state index is 11.9. The molecule has 5 nitrogen and oxygen atoms in total. The SMILES string of the molecule is C=CCN(CC=C)[C@H]1COC[C@@H]1NC(=O)OC(C)(C)C. The molecule has 0 aromatic carbocycles. The van der Waals surface area contributed by atoms with E-state index in [0.29, 0.717) is 13.2 Å². The van der Waals surface area contributed by atoms with E-state index in [4.69, 9.17) is 9.47 Å². The Morgan fingerprint density at radius 1 is 1.35 bits per heavy atom. The van der Waals surface area contributed by atoms with Gasteiger partial charge in [0.15, 0.2) is 0 Å². The molecule has 0 spiro atoms. The van der Waals surface area contributed by atoms with E-state index < -0.39 is 11.7 Å². The summed E-state index contributed by atoms with van der Waals surface area (Å²) in [4.78, 5) is 14.0. The van der Waals surface area contributed by atoms with E-state index in [2.05, 4.69) is 23.4 Å². The Morgan fingerprint density at radius 2 is 1.95 bits per heavy atom. The first-order valence-electron chi connectivity index (χ1n) is 6.90. The molecule has 0 aromatic rings. The monoisotopic (exact) mass is 282 g/mol. The summed E-state index contributed by atoms with van der Waals surface area (Å²) in [5.41, 5.74) is -0.499. The highest BCUT2D eigenvalue weighted by Crippen LogP contribution is 2.15. The van der Waals surface area contributed by atoms with E-state index in [1.165, 1.54) is 0 Å². The van der Waals surface area contributed by atoms with Gasteiger partial charge in [0.05, 0.1) is 25.3 Å². The standard InChI is InChI=1S/C15H26N2O3/c1-6-8-17(9-7-2)13-11-19-10-12(13)16-14(18)20-15(3,4)5/h6-7,12-13H,1-2,8-11H2,3-5H3,(H,16,18)/t12-,13-/m0/s1. The summed E-state index contributed by atoms with van der Waals surface area (Å²) in [6.07, 6.45) is 3.27. The normalized spacial score (nSPS) is 22.6. The van der Waals surface area contributed by atoms with Gasteiger partial charge in [-0.1, -0.05) is 12.2 Å². The zero-order valence-corrected chi connectivity index (χ0v) is 12.7. The molecule has 0 aliphatic carbocycles. The third-order valence-corrected chi connectivity index (χ3v) is 2.95. The molecular weight excluding hydrogens is 256 g/mol. The fraction of sp³-hybridized carbons (Fsp3) is 0.667. The molecule has 1 saturated heterocycles. The highest BCUT2D eigenvalue weighted by molar-refractivity contribution is 5.68. The molecule has 1 heterocycles. The van der Waals surface area contributed by atoms with Crippen LogP contribution in [0.4, 0.5) is 4.79 Å². The number of nitrogens with one attached hydrogen (secondary N) is 1. The van der Waals surface area contributed by atoms with Crippen LogP contribution in [-0.2, 0) is 9.47 Å². The minimum atomic E-state index is -0.499. The first-order chi connectivity index (χ1) is 9.37. The molecule has 0 aromatic heterocycles. The summed E-state index contributed by atoms with van der Waals surface area (Å²) in [7, 11) is 0. The van der Waals surface area contributed by atoms with Gasteiger partial charge in [0.25, 0.3) is 0 Å². The lowest BCUT2D eigenvalue weighted by Crippen LogP contribution is -2.52. The summed E-state index contributed by atoms with van der Waals surface area (Å²) in [6, 6.07) is 0.0308. The van der Waals surface area contributed by atoms with Crippen molar-refractivity contribution in [2.45, 2.75) is 38.5 Å². The van der Waals surface area contributed by atoms with E-state index in [9.17, 15) is 4.79 Å². The van der Waals surface area contributed by atoms with Crippen LogP contribution in [-0.4, -0.2) is 55.0 Å². The smallest absolute Gasteiger partial charge is 0.408 e. The van der Waals surface area contributed by atoms with Gasteiger partial charge in [0.1, 0.15) is 5.60 Å². The van der Waals surface area contributed by atoms with Crippen LogP contribution in [0.15, 0.2) is 25.3 Å². The summed E-state index contributed by atoms with van der Waals surface area (Å²) >= 11 is 0. The van der Waals surface area contributed by atoms with Crippen LogP contribution in [0.25, 0.3) is 0 Å². The predicted molar refractivity (Wildman–Crippen MR) is 79.7 cm³/mol. The molecule has 20 heavy (non-hydrogen) atoms. The van der Waals surface area contributed by atoms with Gasteiger partial charge in [-0.3, -0.25) is 4.90 Å². The van der Waals surface area contributed by atoms with Crippen molar-refractivity contribution in [1.29, 1.82) is 0 Å². The van der Waals surface area contributed by atoms with E-state index in [0.717, 1.165) is 13.1 Å². The second kappa shape index (κ2) is 7.45. The van der Waals surface area contributed by atoms with Crippen LogP contribution in [0.2, 0.25) is 0 Å². The molecule has 1 fully saturated rings. The molecule has 1 rings (SSSR count). The first kappa shape index (κ1) is 16.7. The van der Waals surface area contributed by atoms with Gasteiger partial charge in [-0.2, -0.15) is 0 Å². The zero-order chi connectivity index (χ0) is 15.2. The summed E-state index contributed by atoms with van der Waals surface area (Å²) in [6.45, 7) is 15.6. The number of ether oxygens (including phenoxy) is 2. The van der Waals surface area contributed by atoms with Crippen LogP contribution in [0.1, 0.15) is 20.8 Å². The van der Waals surface area contributed by atoms with Gasteiger partial charge in [-0.25, -0.2) is 4.79 Å². The predicted octanol–water partition coefficient (Wildman–Crippen LogP) is 1.95. The molecule has 0 saturated carbocycles. The van der Waals surface area contributed by atoms with Gasteiger partial charge < -0.3 is 14.8 Å². The molecule has 1 aliphatic heterocycles. The summed E-state index contributed by atoms with van der Waals surface area (Å²) < 4.78 is 10.8. The fourth-order valence-corrected chi connectivity index (χ4v) is 2.18. The number of nitrogens with zero attached hydrogens (tertiary/aromatic N) is 1. The second-order valence-corrected chi connectivity index (χ2v) is 5.89. The lowest BCUT2D eigenvalue weighted by Gasteiger charge is -2.30. The Hall–Kier alpha value is -1.33. The number of hydrogen-bond acceptors (Lipinski definition) is 4. The number of rotatable bonds is 6. The topological polar surface area (TPSA) is 50.8 Å².